The Morgan fingerprint density at radius 2 is 1.50 bits per heavy atom. The van der Waals surface area contributed by atoms with Gasteiger partial charge >= 0.3 is 11.9 Å². The molecule has 0 radical (unpaired) electrons. The minimum atomic E-state index is -0.429. The maximum Gasteiger partial charge on any atom is 0.320 e. The summed E-state index contributed by atoms with van der Waals surface area (Å²) in [5.41, 5.74) is 0. The van der Waals surface area contributed by atoms with Gasteiger partial charge in [-0.2, -0.15) is 0 Å². The minimum absolute atomic E-state index is 0.223. The molecule has 62 valence electrons. The van der Waals surface area contributed by atoms with E-state index in [0.717, 1.165) is 0 Å². The van der Waals surface area contributed by atoms with E-state index < -0.39 is 11.9 Å². The number of carbonyl (C=O) groups excluding carboxylic acids is 2. The van der Waals surface area contributed by atoms with Crippen molar-refractivity contribution in [2.24, 2.45) is 11.8 Å². The van der Waals surface area contributed by atoms with E-state index in [0.29, 0.717) is 0 Å². The Labute approximate surface area is 68.1 Å². The normalized spacial score (nSPS) is 48.3. The van der Waals surface area contributed by atoms with E-state index in [4.69, 9.17) is 4.74 Å². The van der Waals surface area contributed by atoms with Gasteiger partial charge in [-0.1, -0.05) is 12.2 Å². The minimum Gasteiger partial charge on any atom is -0.393 e. The average molecular weight is 166 g/mol. The number of ether oxygens (including phenoxy) is 2. The molecule has 0 N–H and O–H groups in total. The number of hydrogen-bond acceptors (Lipinski definition) is 4. The van der Waals surface area contributed by atoms with E-state index >= 15 is 0 Å². The lowest BCUT2D eigenvalue weighted by atomic mass is 9.85. The highest BCUT2D eigenvalue weighted by Crippen LogP contribution is 2.43. The van der Waals surface area contributed by atoms with Crippen LogP contribution < -0.4 is 0 Å². The summed E-state index contributed by atoms with van der Waals surface area (Å²) in [7, 11) is 0. The topological polar surface area (TPSA) is 52.6 Å². The van der Waals surface area contributed by atoms with E-state index in [-0.39, 0.29) is 24.0 Å². The third-order valence-electron chi connectivity index (χ3n) is 2.65. The molecule has 4 atom stereocenters. The third kappa shape index (κ3) is 0.536. The molecule has 2 bridgehead atoms. The van der Waals surface area contributed by atoms with Crippen LogP contribution in [0.5, 0.6) is 0 Å². The van der Waals surface area contributed by atoms with Crippen molar-refractivity contribution < 1.29 is 19.1 Å². The van der Waals surface area contributed by atoms with Crippen LogP contribution in [0.15, 0.2) is 12.2 Å². The first kappa shape index (κ1) is 6.37. The first-order chi connectivity index (χ1) is 5.77. The number of carbonyl (C=O) groups is 2. The van der Waals surface area contributed by atoms with Gasteiger partial charge in [-0.15, -0.1) is 0 Å². The van der Waals surface area contributed by atoms with Crippen molar-refractivity contribution in [3.05, 3.63) is 12.2 Å². The lowest BCUT2D eigenvalue weighted by Gasteiger charge is -2.08. The Kier molecular flexibility index (Phi) is 0.939. The largest absolute Gasteiger partial charge is 0.393 e. The molecule has 0 amide bonds. The number of hydrogen-bond donors (Lipinski definition) is 0. The summed E-state index contributed by atoms with van der Waals surface area (Å²) in [4.78, 5) is 22.2. The Bertz CT molecular complexity index is 278. The summed E-state index contributed by atoms with van der Waals surface area (Å²) >= 11 is 0. The van der Waals surface area contributed by atoms with E-state index in [2.05, 4.69) is 4.74 Å². The van der Waals surface area contributed by atoms with Crippen LogP contribution in [-0.4, -0.2) is 24.1 Å². The summed E-state index contributed by atoms with van der Waals surface area (Å²) in [6.07, 6.45) is 3.20. The van der Waals surface area contributed by atoms with Crippen LogP contribution in [-0.2, 0) is 19.1 Å². The zero-order chi connectivity index (χ0) is 8.29. The fourth-order valence-electron chi connectivity index (χ4n) is 2.11. The van der Waals surface area contributed by atoms with Crippen LogP contribution in [0.25, 0.3) is 0 Å². The molecule has 3 aliphatic heterocycles. The highest BCUT2D eigenvalue weighted by molar-refractivity contribution is 5.98. The van der Waals surface area contributed by atoms with Crippen molar-refractivity contribution in [2.75, 3.05) is 0 Å². The molecule has 0 saturated carbocycles. The van der Waals surface area contributed by atoms with Gasteiger partial charge in [0.15, 0.2) is 0 Å². The highest BCUT2D eigenvalue weighted by Gasteiger charge is 2.59. The molecule has 2 fully saturated rings. The van der Waals surface area contributed by atoms with Crippen molar-refractivity contribution in [2.45, 2.75) is 12.2 Å². The SMILES string of the molecule is O=C1OC(=O)C2C1C1C=C[C@H]2O1. The van der Waals surface area contributed by atoms with E-state index in [1.165, 1.54) is 0 Å². The standard InChI is InChI=1S/C8H6O4/c9-7-5-3-1-2-4(11-3)6(5)8(10)12-7/h1-6H/t3-,4?,5?,6?/m1/s1. The van der Waals surface area contributed by atoms with Gasteiger partial charge in [0.1, 0.15) is 11.8 Å². The molecule has 0 aromatic heterocycles. The fourth-order valence-corrected chi connectivity index (χ4v) is 2.11. The van der Waals surface area contributed by atoms with E-state index in [1.807, 2.05) is 12.2 Å². The molecule has 4 nitrogen and oxygen atoms in total. The zero-order valence-corrected chi connectivity index (χ0v) is 6.10. The van der Waals surface area contributed by atoms with Gasteiger partial charge in [0.05, 0.1) is 12.2 Å². The second-order valence-corrected chi connectivity index (χ2v) is 3.24. The van der Waals surface area contributed by atoms with Crippen molar-refractivity contribution in [3.63, 3.8) is 0 Å². The molecule has 3 rings (SSSR count). The highest BCUT2D eigenvalue weighted by atomic mass is 16.6. The first-order valence-corrected chi connectivity index (χ1v) is 3.87. The smallest absolute Gasteiger partial charge is 0.320 e. The predicted molar refractivity (Wildman–Crippen MR) is 35.9 cm³/mol. The Hall–Kier alpha value is -1.16. The summed E-state index contributed by atoms with van der Waals surface area (Å²) in [6, 6.07) is 0. The molecule has 12 heavy (non-hydrogen) atoms. The van der Waals surface area contributed by atoms with Gasteiger partial charge in [0.25, 0.3) is 0 Å². The van der Waals surface area contributed by atoms with Gasteiger partial charge in [0.2, 0.25) is 0 Å². The number of cyclic esters (lactones) is 2. The molecule has 3 unspecified atom stereocenters. The summed E-state index contributed by atoms with van der Waals surface area (Å²) in [5.74, 6) is -1.59. The Morgan fingerprint density at radius 3 is 2.00 bits per heavy atom. The maximum absolute atomic E-state index is 11.1. The van der Waals surface area contributed by atoms with Gasteiger partial charge in [-0.05, 0) is 0 Å². The van der Waals surface area contributed by atoms with E-state index in [9.17, 15) is 9.59 Å². The lowest BCUT2D eigenvalue weighted by molar-refractivity contribution is -0.156. The lowest BCUT2D eigenvalue weighted by Crippen LogP contribution is -2.26. The average Bonchev–Trinajstić information content (AvgIpc) is 2.64. The van der Waals surface area contributed by atoms with Crippen LogP contribution in [0.2, 0.25) is 0 Å². The fraction of sp³-hybridized carbons (Fsp3) is 0.500. The van der Waals surface area contributed by atoms with Gasteiger partial charge in [-0.3, -0.25) is 9.59 Å². The Balaban J connectivity index is 2.08. The maximum atomic E-state index is 11.1. The van der Waals surface area contributed by atoms with Crippen LogP contribution >= 0.6 is 0 Å². The first-order valence-electron chi connectivity index (χ1n) is 3.87. The van der Waals surface area contributed by atoms with Crippen LogP contribution in [0.3, 0.4) is 0 Å². The van der Waals surface area contributed by atoms with Crippen molar-refractivity contribution in [1.82, 2.24) is 0 Å². The number of fused-ring (bicyclic) bond motifs is 5. The van der Waals surface area contributed by atoms with E-state index in [1.54, 1.807) is 0 Å². The molecular formula is C8H6O4. The molecule has 0 aliphatic carbocycles. The molecule has 0 aromatic rings. The second-order valence-electron chi connectivity index (χ2n) is 3.24. The van der Waals surface area contributed by atoms with Crippen LogP contribution in [0.1, 0.15) is 0 Å². The molecule has 0 aromatic carbocycles. The van der Waals surface area contributed by atoms with Crippen LogP contribution in [0.4, 0.5) is 0 Å². The van der Waals surface area contributed by atoms with Crippen LogP contribution in [0, 0.1) is 11.8 Å². The molecule has 4 heteroatoms. The van der Waals surface area contributed by atoms with Gasteiger partial charge in [0, 0.05) is 0 Å². The summed E-state index contributed by atoms with van der Waals surface area (Å²) in [5, 5.41) is 0. The van der Waals surface area contributed by atoms with Gasteiger partial charge < -0.3 is 9.47 Å². The summed E-state index contributed by atoms with van der Waals surface area (Å²) < 4.78 is 9.86. The molecule has 2 saturated heterocycles. The van der Waals surface area contributed by atoms with Crippen molar-refractivity contribution >= 4 is 11.9 Å². The van der Waals surface area contributed by atoms with Gasteiger partial charge in [-0.25, -0.2) is 0 Å². The second kappa shape index (κ2) is 1.77. The van der Waals surface area contributed by atoms with Crippen molar-refractivity contribution in [1.29, 1.82) is 0 Å². The van der Waals surface area contributed by atoms with Crippen molar-refractivity contribution in [3.8, 4) is 0 Å². The third-order valence-corrected chi connectivity index (χ3v) is 2.65. The quantitative estimate of drug-likeness (QED) is 0.280. The number of esters is 2. The number of rotatable bonds is 0. The predicted octanol–water partition coefficient (Wildman–Crippen LogP) is -0.361. The molecule has 3 heterocycles. The molecule has 0 spiro atoms. The zero-order valence-electron chi connectivity index (χ0n) is 6.10. The molecule has 3 aliphatic rings. The monoisotopic (exact) mass is 166 g/mol. The molecular weight excluding hydrogens is 160 g/mol. The summed E-state index contributed by atoms with van der Waals surface area (Å²) in [6.45, 7) is 0. The Morgan fingerprint density at radius 1 is 1.00 bits per heavy atom.